The van der Waals surface area contributed by atoms with Gasteiger partial charge in [-0.1, -0.05) is 30.7 Å². The number of amides is 1. The van der Waals surface area contributed by atoms with E-state index in [1.54, 1.807) is 36.4 Å². The molecule has 1 heterocycles. The highest BCUT2D eigenvalue weighted by molar-refractivity contribution is 6.07. The van der Waals surface area contributed by atoms with Crippen molar-refractivity contribution in [1.29, 1.82) is 0 Å². The quantitative estimate of drug-likeness (QED) is 0.284. The Kier molecular flexibility index (Phi) is 7.31. The van der Waals surface area contributed by atoms with E-state index in [4.69, 9.17) is 14.2 Å². The Morgan fingerprint density at radius 3 is 2.32 bits per heavy atom. The van der Waals surface area contributed by atoms with Crippen LogP contribution in [-0.2, 0) is 4.74 Å². The number of methoxy groups -OCH3 is 1. The highest BCUT2D eigenvalue weighted by atomic mass is 16.5. The Balaban J connectivity index is 1.24. The molecule has 1 saturated carbocycles. The molecule has 0 aliphatic heterocycles. The molecule has 0 saturated heterocycles. The Bertz CT molecular complexity index is 1410. The lowest BCUT2D eigenvalue weighted by Crippen LogP contribution is -2.19. The maximum absolute atomic E-state index is 12.7. The second-order valence-electron chi connectivity index (χ2n) is 9.03. The highest BCUT2D eigenvalue weighted by Crippen LogP contribution is 2.29. The van der Waals surface area contributed by atoms with Gasteiger partial charge in [0.2, 0.25) is 5.88 Å². The van der Waals surface area contributed by atoms with Gasteiger partial charge in [-0.25, -0.2) is 9.78 Å². The number of nitrogens with one attached hydrogen (secondary N) is 1. The van der Waals surface area contributed by atoms with Gasteiger partial charge in [0.05, 0.1) is 30.0 Å². The fourth-order valence-corrected chi connectivity index (χ4v) is 4.48. The standard InChI is InChI=1S/C30H28N2O5/c1-35-30(34)26-9-5-6-10-27(26)32-29(33)22-13-16-28(31-19-22)37-25-15-12-20-17-24(14-11-21(20)18-25)36-23-7-3-2-4-8-23/h5-6,9-19,23H,2-4,7-8H2,1H3,(H,32,33). The Labute approximate surface area is 215 Å². The molecule has 188 valence electrons. The molecule has 0 bridgehead atoms. The summed E-state index contributed by atoms with van der Waals surface area (Å²) in [4.78, 5) is 28.9. The van der Waals surface area contributed by atoms with E-state index in [9.17, 15) is 9.59 Å². The minimum absolute atomic E-state index is 0.273. The van der Waals surface area contributed by atoms with Crippen LogP contribution in [0.5, 0.6) is 17.4 Å². The number of pyridine rings is 1. The van der Waals surface area contributed by atoms with Gasteiger partial charge in [0.15, 0.2) is 0 Å². The molecule has 1 aromatic heterocycles. The molecule has 1 N–H and O–H groups in total. The summed E-state index contributed by atoms with van der Waals surface area (Å²) < 4.78 is 16.9. The predicted octanol–water partition coefficient (Wildman–Crippen LogP) is 6.78. The normalized spacial score (nSPS) is 13.6. The van der Waals surface area contributed by atoms with Gasteiger partial charge in [0, 0.05) is 12.3 Å². The van der Waals surface area contributed by atoms with Crippen LogP contribution < -0.4 is 14.8 Å². The summed E-state index contributed by atoms with van der Waals surface area (Å²) in [6.45, 7) is 0. The van der Waals surface area contributed by atoms with Crippen LogP contribution in [0.3, 0.4) is 0 Å². The number of hydrogen-bond donors (Lipinski definition) is 1. The van der Waals surface area contributed by atoms with Crippen molar-refractivity contribution in [3.05, 3.63) is 90.1 Å². The Morgan fingerprint density at radius 2 is 1.59 bits per heavy atom. The molecule has 0 spiro atoms. The van der Waals surface area contributed by atoms with E-state index in [-0.39, 0.29) is 5.56 Å². The van der Waals surface area contributed by atoms with Crippen LogP contribution in [0, 0.1) is 0 Å². The molecule has 1 aliphatic rings. The number of nitrogens with zero attached hydrogens (tertiary/aromatic N) is 1. The molecule has 1 fully saturated rings. The van der Waals surface area contributed by atoms with Crippen molar-refractivity contribution in [2.45, 2.75) is 38.2 Å². The zero-order chi connectivity index (χ0) is 25.6. The number of fused-ring (bicyclic) bond motifs is 1. The fraction of sp³-hybridized carbons (Fsp3) is 0.233. The number of para-hydroxylation sites is 1. The summed E-state index contributed by atoms with van der Waals surface area (Å²) >= 11 is 0. The largest absolute Gasteiger partial charge is 0.490 e. The number of rotatable bonds is 7. The van der Waals surface area contributed by atoms with E-state index in [0.29, 0.717) is 29.0 Å². The van der Waals surface area contributed by atoms with Crippen molar-refractivity contribution < 1.29 is 23.8 Å². The third kappa shape index (κ3) is 5.89. The lowest BCUT2D eigenvalue weighted by atomic mass is 9.98. The molecule has 7 heteroatoms. The molecular formula is C30H28N2O5. The van der Waals surface area contributed by atoms with Crippen LogP contribution in [0.4, 0.5) is 5.69 Å². The average Bonchev–Trinajstić information content (AvgIpc) is 2.94. The molecule has 0 unspecified atom stereocenters. The predicted molar refractivity (Wildman–Crippen MR) is 141 cm³/mol. The van der Waals surface area contributed by atoms with E-state index in [0.717, 1.165) is 29.4 Å². The van der Waals surface area contributed by atoms with Crippen LogP contribution in [-0.4, -0.2) is 30.1 Å². The summed E-state index contributed by atoms with van der Waals surface area (Å²) in [6.07, 6.45) is 7.77. The van der Waals surface area contributed by atoms with Crippen LogP contribution in [0.1, 0.15) is 52.8 Å². The first-order valence-electron chi connectivity index (χ1n) is 12.4. The molecular weight excluding hydrogens is 468 g/mol. The van der Waals surface area contributed by atoms with Crippen molar-refractivity contribution in [3.8, 4) is 17.4 Å². The average molecular weight is 497 g/mol. The third-order valence-electron chi connectivity index (χ3n) is 6.44. The number of ether oxygens (including phenoxy) is 3. The number of esters is 1. The van der Waals surface area contributed by atoms with E-state index < -0.39 is 11.9 Å². The van der Waals surface area contributed by atoms with E-state index >= 15 is 0 Å². The van der Waals surface area contributed by atoms with E-state index in [1.807, 2.05) is 30.3 Å². The molecule has 5 rings (SSSR count). The molecule has 37 heavy (non-hydrogen) atoms. The summed E-state index contributed by atoms with van der Waals surface area (Å²) in [5.41, 5.74) is 0.967. The number of carbonyl (C=O) groups is 2. The van der Waals surface area contributed by atoms with E-state index in [1.165, 1.54) is 32.6 Å². The Hall–Kier alpha value is -4.39. The van der Waals surface area contributed by atoms with Crippen LogP contribution in [0.2, 0.25) is 0 Å². The molecule has 1 amide bonds. The van der Waals surface area contributed by atoms with Gasteiger partial charge < -0.3 is 19.5 Å². The summed E-state index contributed by atoms with van der Waals surface area (Å²) in [5, 5.41) is 4.84. The van der Waals surface area contributed by atoms with Gasteiger partial charge in [-0.05, 0) is 78.9 Å². The van der Waals surface area contributed by atoms with Crippen molar-refractivity contribution in [1.82, 2.24) is 4.98 Å². The zero-order valence-corrected chi connectivity index (χ0v) is 20.6. The van der Waals surface area contributed by atoms with Gasteiger partial charge >= 0.3 is 5.97 Å². The number of carbonyl (C=O) groups excluding carboxylic acids is 2. The number of hydrogen-bond acceptors (Lipinski definition) is 6. The first-order chi connectivity index (χ1) is 18.1. The number of aromatic nitrogens is 1. The molecule has 3 aromatic carbocycles. The SMILES string of the molecule is COC(=O)c1ccccc1NC(=O)c1ccc(Oc2ccc3cc(OC4CCCCC4)ccc3c2)nc1. The monoisotopic (exact) mass is 496 g/mol. The molecule has 0 atom stereocenters. The number of benzene rings is 3. The van der Waals surface area contributed by atoms with Crippen LogP contribution >= 0.6 is 0 Å². The van der Waals surface area contributed by atoms with Gasteiger partial charge in [0.1, 0.15) is 11.5 Å². The second-order valence-corrected chi connectivity index (χ2v) is 9.03. The summed E-state index contributed by atoms with van der Waals surface area (Å²) in [5.74, 6) is 0.986. The summed E-state index contributed by atoms with van der Waals surface area (Å²) in [7, 11) is 1.29. The smallest absolute Gasteiger partial charge is 0.339 e. The van der Waals surface area contributed by atoms with Gasteiger partial charge in [-0.3, -0.25) is 4.79 Å². The van der Waals surface area contributed by atoms with Crippen LogP contribution in [0.25, 0.3) is 10.8 Å². The first kappa shape index (κ1) is 24.3. The van der Waals surface area contributed by atoms with Crippen LogP contribution in [0.15, 0.2) is 79.0 Å². The fourth-order valence-electron chi connectivity index (χ4n) is 4.48. The van der Waals surface area contributed by atoms with Gasteiger partial charge in [-0.2, -0.15) is 0 Å². The Morgan fingerprint density at radius 1 is 0.865 bits per heavy atom. The zero-order valence-electron chi connectivity index (χ0n) is 20.6. The summed E-state index contributed by atoms with van der Waals surface area (Å²) in [6, 6.07) is 21.8. The van der Waals surface area contributed by atoms with Crippen molar-refractivity contribution >= 4 is 28.3 Å². The van der Waals surface area contributed by atoms with Gasteiger partial charge in [0.25, 0.3) is 5.91 Å². The van der Waals surface area contributed by atoms with Gasteiger partial charge in [-0.15, -0.1) is 0 Å². The maximum atomic E-state index is 12.7. The highest BCUT2D eigenvalue weighted by Gasteiger charge is 2.16. The number of anilines is 1. The lowest BCUT2D eigenvalue weighted by Gasteiger charge is -2.23. The van der Waals surface area contributed by atoms with Crippen molar-refractivity contribution in [3.63, 3.8) is 0 Å². The molecule has 7 nitrogen and oxygen atoms in total. The molecule has 4 aromatic rings. The van der Waals surface area contributed by atoms with Crippen molar-refractivity contribution in [2.24, 2.45) is 0 Å². The second kappa shape index (κ2) is 11.1. The minimum atomic E-state index is -0.527. The topological polar surface area (TPSA) is 86.8 Å². The molecule has 0 radical (unpaired) electrons. The third-order valence-corrected chi connectivity index (χ3v) is 6.44. The van der Waals surface area contributed by atoms with E-state index in [2.05, 4.69) is 16.4 Å². The maximum Gasteiger partial charge on any atom is 0.339 e. The first-order valence-corrected chi connectivity index (χ1v) is 12.4. The minimum Gasteiger partial charge on any atom is -0.490 e. The molecule has 1 aliphatic carbocycles. The lowest BCUT2D eigenvalue weighted by molar-refractivity contribution is 0.0602. The van der Waals surface area contributed by atoms with Crippen molar-refractivity contribution in [2.75, 3.05) is 12.4 Å².